The summed E-state index contributed by atoms with van der Waals surface area (Å²) in [5.41, 5.74) is 1.69. The number of hydrogen-bond acceptors (Lipinski definition) is 2. The van der Waals surface area contributed by atoms with Crippen LogP contribution in [-0.2, 0) is 0 Å². The fraction of sp³-hybridized carbons (Fsp3) is 0.235. The quantitative estimate of drug-likeness (QED) is 0.397. The van der Waals surface area contributed by atoms with Gasteiger partial charge in [-0.05, 0) is 35.9 Å². The minimum Gasteiger partial charge on any atom is -0.265 e. The molecule has 1 aliphatic rings. The van der Waals surface area contributed by atoms with Crippen molar-refractivity contribution in [3.63, 3.8) is 0 Å². The average Bonchev–Trinajstić information content (AvgIpc) is 2.56. The van der Waals surface area contributed by atoms with Gasteiger partial charge in [0, 0.05) is 9.79 Å². The van der Waals surface area contributed by atoms with E-state index in [4.69, 9.17) is 11.6 Å². The largest absolute Gasteiger partial charge is 0.325 e. The number of carbonyl (C=O) groups excluding carboxylic acids is 1. The van der Waals surface area contributed by atoms with Crippen molar-refractivity contribution < 1.29 is 4.79 Å². The van der Waals surface area contributed by atoms with E-state index in [2.05, 4.69) is 0 Å². The van der Waals surface area contributed by atoms with Gasteiger partial charge in [-0.3, -0.25) is 9.69 Å². The maximum atomic E-state index is 11.6. The predicted octanol–water partition coefficient (Wildman–Crippen LogP) is 6.70. The SMILES string of the molecule is CC.CC.O=C(Cl)N1c2ccccc2Sc2ccccc21. The number of rotatable bonds is 0. The summed E-state index contributed by atoms with van der Waals surface area (Å²) in [6.07, 6.45) is 0. The van der Waals surface area contributed by atoms with Crippen LogP contribution in [0.3, 0.4) is 0 Å². The third-order valence-corrected chi connectivity index (χ3v) is 3.91. The second kappa shape index (κ2) is 8.75. The van der Waals surface area contributed by atoms with E-state index >= 15 is 0 Å². The van der Waals surface area contributed by atoms with Crippen LogP contribution in [0.4, 0.5) is 16.2 Å². The Hall–Kier alpha value is -1.45. The van der Waals surface area contributed by atoms with Gasteiger partial charge in [0.2, 0.25) is 0 Å². The highest BCUT2D eigenvalue weighted by atomic mass is 35.5. The van der Waals surface area contributed by atoms with E-state index in [1.165, 1.54) is 0 Å². The van der Waals surface area contributed by atoms with Crippen LogP contribution in [0.5, 0.6) is 0 Å². The standard InChI is InChI=1S/C13H8ClNOS.2C2H6/c14-13(16)15-9-5-1-3-7-11(9)17-12-8-4-2-6-10(12)15;2*1-2/h1-8H;2*1-2H3. The molecule has 1 aliphatic heterocycles. The summed E-state index contributed by atoms with van der Waals surface area (Å²) in [7, 11) is 0. The molecule has 2 aromatic carbocycles. The van der Waals surface area contributed by atoms with E-state index in [9.17, 15) is 4.79 Å². The third-order valence-electron chi connectivity index (χ3n) is 2.61. The first-order valence-electron chi connectivity index (χ1n) is 7.13. The molecule has 2 nitrogen and oxygen atoms in total. The van der Waals surface area contributed by atoms with E-state index in [1.807, 2.05) is 76.2 Å². The number of carbonyl (C=O) groups is 1. The van der Waals surface area contributed by atoms with Gasteiger partial charge < -0.3 is 0 Å². The van der Waals surface area contributed by atoms with Crippen molar-refractivity contribution in [2.45, 2.75) is 37.5 Å². The van der Waals surface area contributed by atoms with Gasteiger partial charge >= 0.3 is 5.37 Å². The molecule has 3 rings (SSSR count). The van der Waals surface area contributed by atoms with Crippen molar-refractivity contribution in [1.82, 2.24) is 0 Å². The van der Waals surface area contributed by atoms with Crippen molar-refractivity contribution in [3.8, 4) is 0 Å². The molecule has 1 amide bonds. The maximum absolute atomic E-state index is 11.6. The molecule has 21 heavy (non-hydrogen) atoms. The van der Waals surface area contributed by atoms with Gasteiger partial charge in [0.1, 0.15) is 0 Å². The summed E-state index contributed by atoms with van der Waals surface area (Å²) < 4.78 is 0. The first kappa shape index (κ1) is 17.6. The molecular weight excluding hydrogens is 302 g/mol. The van der Waals surface area contributed by atoms with Crippen molar-refractivity contribution in [2.75, 3.05) is 4.90 Å². The highest BCUT2D eigenvalue weighted by Crippen LogP contribution is 2.48. The molecule has 0 atom stereocenters. The summed E-state index contributed by atoms with van der Waals surface area (Å²) in [5, 5.41) is -0.481. The van der Waals surface area contributed by atoms with Crippen molar-refractivity contribution in [1.29, 1.82) is 0 Å². The van der Waals surface area contributed by atoms with Crippen LogP contribution in [0, 0.1) is 0 Å². The van der Waals surface area contributed by atoms with Gasteiger partial charge in [0.05, 0.1) is 11.4 Å². The number of halogens is 1. The van der Waals surface area contributed by atoms with Gasteiger partial charge in [-0.2, -0.15) is 0 Å². The number of benzene rings is 2. The number of fused-ring (bicyclic) bond motifs is 2. The smallest absolute Gasteiger partial charge is 0.265 e. The monoisotopic (exact) mass is 321 g/mol. The number of amides is 1. The number of nitrogens with zero attached hydrogens (tertiary/aromatic N) is 1. The van der Waals surface area contributed by atoms with Crippen molar-refractivity contribution in [2.24, 2.45) is 0 Å². The Labute approximate surface area is 136 Å². The van der Waals surface area contributed by atoms with Gasteiger partial charge in [0.15, 0.2) is 0 Å². The molecular formula is C17H20ClNOS. The zero-order chi connectivity index (χ0) is 15.8. The lowest BCUT2D eigenvalue weighted by Crippen LogP contribution is -2.22. The third kappa shape index (κ3) is 3.80. The summed E-state index contributed by atoms with van der Waals surface area (Å²) in [6.45, 7) is 8.00. The second-order valence-electron chi connectivity index (χ2n) is 3.63. The molecule has 0 unspecified atom stereocenters. The molecule has 0 saturated carbocycles. The second-order valence-corrected chi connectivity index (χ2v) is 5.03. The zero-order valence-corrected chi connectivity index (χ0v) is 14.3. The van der Waals surface area contributed by atoms with E-state index in [1.54, 1.807) is 16.7 Å². The Morgan fingerprint density at radius 1 is 0.857 bits per heavy atom. The molecule has 0 aliphatic carbocycles. The fourth-order valence-corrected chi connectivity index (χ4v) is 3.13. The lowest BCUT2D eigenvalue weighted by atomic mass is 10.2. The van der Waals surface area contributed by atoms with Crippen LogP contribution in [0.25, 0.3) is 0 Å². The number of para-hydroxylation sites is 2. The first-order valence-corrected chi connectivity index (χ1v) is 8.32. The number of hydrogen-bond donors (Lipinski definition) is 0. The van der Waals surface area contributed by atoms with Gasteiger partial charge in [-0.15, -0.1) is 0 Å². The molecule has 112 valence electrons. The Balaban J connectivity index is 0.000000510. The molecule has 1 heterocycles. The fourth-order valence-electron chi connectivity index (χ4n) is 1.89. The van der Waals surface area contributed by atoms with Crippen molar-refractivity contribution >= 4 is 40.1 Å². The van der Waals surface area contributed by atoms with Crippen LogP contribution in [-0.4, -0.2) is 5.37 Å². The van der Waals surface area contributed by atoms with Gasteiger partial charge in [-0.1, -0.05) is 63.7 Å². The average molecular weight is 322 g/mol. The highest BCUT2D eigenvalue weighted by molar-refractivity contribution is 7.99. The van der Waals surface area contributed by atoms with Crippen molar-refractivity contribution in [3.05, 3.63) is 48.5 Å². The first-order chi connectivity index (χ1) is 10.3. The minimum atomic E-state index is -0.481. The maximum Gasteiger partial charge on any atom is 0.325 e. The molecule has 0 spiro atoms. The van der Waals surface area contributed by atoms with Crippen LogP contribution in [0.15, 0.2) is 58.3 Å². The van der Waals surface area contributed by atoms with Crippen LogP contribution >= 0.6 is 23.4 Å². The molecule has 0 saturated heterocycles. The minimum absolute atomic E-state index is 0.481. The Kier molecular flexibility index (Phi) is 7.34. The normalized spacial score (nSPS) is 11.0. The Morgan fingerprint density at radius 3 is 1.62 bits per heavy atom. The highest BCUT2D eigenvalue weighted by Gasteiger charge is 2.26. The van der Waals surface area contributed by atoms with Gasteiger partial charge in [-0.25, -0.2) is 0 Å². The molecule has 0 radical (unpaired) electrons. The Morgan fingerprint density at radius 2 is 1.24 bits per heavy atom. The Bertz CT molecular complexity index is 555. The van der Waals surface area contributed by atoms with Gasteiger partial charge in [0.25, 0.3) is 0 Å². The summed E-state index contributed by atoms with van der Waals surface area (Å²) in [4.78, 5) is 15.2. The molecule has 2 aromatic rings. The van der Waals surface area contributed by atoms with E-state index in [-0.39, 0.29) is 0 Å². The summed E-state index contributed by atoms with van der Waals surface area (Å²) in [6, 6.07) is 15.5. The van der Waals surface area contributed by atoms with Crippen LogP contribution < -0.4 is 4.90 Å². The predicted molar refractivity (Wildman–Crippen MR) is 93.1 cm³/mol. The lowest BCUT2D eigenvalue weighted by Gasteiger charge is -2.28. The molecule has 0 fully saturated rings. The molecule has 4 heteroatoms. The van der Waals surface area contributed by atoms with E-state index in [0.29, 0.717) is 0 Å². The molecule has 0 N–H and O–H groups in total. The lowest BCUT2D eigenvalue weighted by molar-refractivity contribution is 0.266. The zero-order valence-electron chi connectivity index (χ0n) is 12.8. The topological polar surface area (TPSA) is 20.3 Å². The van der Waals surface area contributed by atoms with E-state index in [0.717, 1.165) is 21.2 Å². The van der Waals surface area contributed by atoms with Crippen LogP contribution in [0.1, 0.15) is 27.7 Å². The van der Waals surface area contributed by atoms with E-state index < -0.39 is 5.37 Å². The number of anilines is 2. The molecule has 0 bridgehead atoms. The summed E-state index contributed by atoms with van der Waals surface area (Å²) >= 11 is 7.34. The molecule has 0 aromatic heterocycles. The summed E-state index contributed by atoms with van der Waals surface area (Å²) in [5.74, 6) is 0. The van der Waals surface area contributed by atoms with Crippen LogP contribution in [0.2, 0.25) is 0 Å².